The summed E-state index contributed by atoms with van der Waals surface area (Å²) in [5.41, 5.74) is 1.09. The number of carbonyl (C=O) groups is 4. The van der Waals surface area contributed by atoms with E-state index in [9.17, 15) is 54.3 Å². The molecule has 0 spiro atoms. The number of hydrogen-bond donors (Lipinski definition) is 3. The van der Waals surface area contributed by atoms with Crippen molar-refractivity contribution < 1.29 is 64.1 Å². The highest BCUT2D eigenvalue weighted by Crippen LogP contribution is 2.36. The summed E-state index contributed by atoms with van der Waals surface area (Å²) in [5.74, 6) is -1.97. The second-order valence-electron chi connectivity index (χ2n) is 16.7. The van der Waals surface area contributed by atoms with Gasteiger partial charge in [0.15, 0.2) is 0 Å². The van der Waals surface area contributed by atoms with E-state index in [0.717, 1.165) is 24.3 Å². The molecule has 0 aliphatic carbocycles. The van der Waals surface area contributed by atoms with Gasteiger partial charge in [-0.25, -0.2) is 27.7 Å². The maximum absolute atomic E-state index is 13.8. The Morgan fingerprint density at radius 1 is 0.620 bits per heavy atom. The number of alkyl halides is 8. The summed E-state index contributed by atoms with van der Waals surface area (Å²) in [6.45, 7) is 3.23. The van der Waals surface area contributed by atoms with Gasteiger partial charge in [0.05, 0.1) is 54.5 Å². The number of methoxy groups -OCH3 is 1. The fraction of sp³-hybridized carbons (Fsp3) is 0.306. The molecule has 0 saturated heterocycles. The molecule has 14 nitrogen and oxygen atoms in total. The van der Waals surface area contributed by atoms with Crippen LogP contribution in [0.5, 0.6) is 0 Å². The molecule has 3 N–H and O–H groups in total. The predicted molar refractivity (Wildman–Crippen MR) is 242 cm³/mol. The number of hydrogen-bond acceptors (Lipinski definition) is 9. The molecule has 6 aromatic rings. The van der Waals surface area contributed by atoms with Crippen molar-refractivity contribution in [2.24, 2.45) is 0 Å². The standard InChI is InChI=1S/C25H24F4N4O3.C24H22F4N4O3/c1-15(17-6-8-18(9-7-17)24(35)36-2)30-22(34)21-20(13-26)31-33-11-10-32(23(21)33)14-16-4-3-5-19(12-16)25(27,28)29;1-14(16-5-7-17(8-6-16)23(34)35)29-21(33)20-19(12-25)30-32-10-9-31(22(20)32)13-15-3-2-4-18(11-15)24(26,27)28/h3-9,12,15H,10-11,13-14H2,1-2H3,(H,30,34);2-8,11,14H,9-10,12-13H2,1H3,(H,29,33)(H,34,35)/t15-;14-/m00/s1. The normalized spacial score (nSPS) is 14.0. The number of rotatable bonds is 14. The van der Waals surface area contributed by atoms with Crippen molar-refractivity contribution in [2.45, 2.75) is 77.8 Å². The highest BCUT2D eigenvalue weighted by atomic mass is 19.4. The van der Waals surface area contributed by atoms with Gasteiger partial charge < -0.3 is 30.3 Å². The van der Waals surface area contributed by atoms with Crippen molar-refractivity contribution in [3.63, 3.8) is 0 Å². The third kappa shape index (κ3) is 11.5. The molecule has 0 radical (unpaired) electrons. The number of benzene rings is 4. The van der Waals surface area contributed by atoms with E-state index in [1.165, 1.54) is 40.7 Å². The number of esters is 1. The second kappa shape index (κ2) is 21.1. The van der Waals surface area contributed by atoms with E-state index in [-0.39, 0.29) is 41.2 Å². The molecule has 2 aliphatic heterocycles. The Morgan fingerprint density at radius 3 is 1.37 bits per heavy atom. The van der Waals surface area contributed by atoms with E-state index in [4.69, 9.17) is 5.11 Å². The molecule has 2 atom stereocenters. The van der Waals surface area contributed by atoms with Crippen LogP contribution in [0, 0.1) is 0 Å². The van der Waals surface area contributed by atoms with Gasteiger partial charge in [-0.15, -0.1) is 0 Å². The zero-order chi connectivity index (χ0) is 51.4. The number of nitrogens with one attached hydrogen (secondary N) is 2. The van der Waals surface area contributed by atoms with Crippen molar-refractivity contribution >= 4 is 35.4 Å². The number of nitrogens with zero attached hydrogens (tertiary/aromatic N) is 6. The van der Waals surface area contributed by atoms with Crippen molar-refractivity contribution in [3.05, 3.63) is 164 Å². The largest absolute Gasteiger partial charge is 0.478 e. The third-order valence-corrected chi connectivity index (χ3v) is 11.9. The molecule has 0 saturated carbocycles. The highest BCUT2D eigenvalue weighted by Gasteiger charge is 2.36. The molecule has 0 unspecified atom stereocenters. The van der Waals surface area contributed by atoms with E-state index in [2.05, 4.69) is 25.6 Å². The Kier molecular flexibility index (Phi) is 15.2. The summed E-state index contributed by atoms with van der Waals surface area (Å²) in [6.07, 6.45) is -8.95. The lowest BCUT2D eigenvalue weighted by atomic mass is 10.1. The van der Waals surface area contributed by atoms with Crippen molar-refractivity contribution in [2.75, 3.05) is 30.0 Å². The van der Waals surface area contributed by atoms with Gasteiger partial charge in [-0.05, 0) is 84.6 Å². The SMILES string of the molecule is COC(=O)c1ccc([C@H](C)NC(=O)c2c(CF)nn3c2N(Cc2cccc(C(F)(F)F)c2)CC3)cc1.C[C@H](NC(=O)c1c(CF)nn2c1N(Cc1cccc(C(F)(F)F)c1)CC2)c1ccc(C(=O)O)cc1. The van der Waals surface area contributed by atoms with Crippen LogP contribution in [0.3, 0.4) is 0 Å². The molecule has 0 bridgehead atoms. The first-order valence-electron chi connectivity index (χ1n) is 22.0. The Bertz CT molecular complexity index is 2920. The molecular formula is C49H46F8N8O6. The summed E-state index contributed by atoms with van der Waals surface area (Å²) in [5, 5.41) is 23.0. The number of fused-ring (bicyclic) bond motifs is 2. The molecular weight excluding hydrogens is 949 g/mol. The van der Waals surface area contributed by atoms with Crippen LogP contribution in [0.25, 0.3) is 0 Å². The van der Waals surface area contributed by atoms with Crippen LogP contribution in [0.15, 0.2) is 97.1 Å². The van der Waals surface area contributed by atoms with Crippen LogP contribution in [0.2, 0.25) is 0 Å². The van der Waals surface area contributed by atoms with Crippen LogP contribution in [0.4, 0.5) is 46.8 Å². The average molecular weight is 995 g/mol. The first kappa shape index (κ1) is 51.1. The van der Waals surface area contributed by atoms with Crippen molar-refractivity contribution in [1.82, 2.24) is 30.2 Å². The maximum atomic E-state index is 13.8. The monoisotopic (exact) mass is 994 g/mol. The van der Waals surface area contributed by atoms with Crippen LogP contribution < -0.4 is 20.4 Å². The molecule has 374 valence electrons. The quantitative estimate of drug-likeness (QED) is 0.0708. The summed E-state index contributed by atoms with van der Waals surface area (Å²) >= 11 is 0. The van der Waals surface area contributed by atoms with Gasteiger partial charge >= 0.3 is 24.3 Å². The lowest BCUT2D eigenvalue weighted by Gasteiger charge is -2.21. The average Bonchev–Trinajstić information content (AvgIpc) is 4.12. The van der Waals surface area contributed by atoms with Gasteiger partial charge in [-0.2, -0.15) is 36.5 Å². The number of aromatic carboxylic acids is 1. The Balaban J connectivity index is 0.000000209. The number of carbonyl (C=O) groups excluding carboxylic acids is 3. The lowest BCUT2D eigenvalue weighted by molar-refractivity contribution is -0.138. The zero-order valence-electron chi connectivity index (χ0n) is 38.2. The zero-order valence-corrected chi connectivity index (χ0v) is 38.2. The topological polar surface area (TPSA) is 164 Å². The van der Waals surface area contributed by atoms with Gasteiger partial charge in [-0.3, -0.25) is 9.59 Å². The Morgan fingerprint density at radius 2 is 1.01 bits per heavy atom. The lowest BCUT2D eigenvalue weighted by Crippen LogP contribution is -2.30. The maximum Gasteiger partial charge on any atom is 0.416 e. The van der Waals surface area contributed by atoms with Crippen LogP contribution in [0.1, 0.15) is 112 Å². The Labute approximate surface area is 400 Å². The Hall–Kier alpha value is -7.78. The summed E-state index contributed by atoms with van der Waals surface area (Å²) in [6, 6.07) is 21.4. The molecule has 71 heavy (non-hydrogen) atoms. The molecule has 2 amide bonds. The van der Waals surface area contributed by atoms with E-state index in [1.54, 1.807) is 72.2 Å². The number of carboxylic acids is 1. The number of halogens is 8. The summed E-state index contributed by atoms with van der Waals surface area (Å²) < 4.78 is 114. The van der Waals surface area contributed by atoms with E-state index in [0.29, 0.717) is 65.6 Å². The van der Waals surface area contributed by atoms with E-state index in [1.807, 2.05) is 0 Å². The van der Waals surface area contributed by atoms with Gasteiger partial charge in [-0.1, -0.05) is 48.5 Å². The van der Waals surface area contributed by atoms with E-state index < -0.39 is 72.7 Å². The smallest absolute Gasteiger partial charge is 0.416 e. The van der Waals surface area contributed by atoms with Gasteiger partial charge in [0.25, 0.3) is 11.8 Å². The summed E-state index contributed by atoms with van der Waals surface area (Å²) in [4.78, 5) is 52.6. The van der Waals surface area contributed by atoms with Gasteiger partial charge in [0.1, 0.15) is 47.5 Å². The molecule has 4 aromatic carbocycles. The van der Waals surface area contributed by atoms with Crippen LogP contribution >= 0.6 is 0 Å². The number of aromatic nitrogens is 4. The van der Waals surface area contributed by atoms with Crippen LogP contribution in [-0.4, -0.2) is 68.6 Å². The second-order valence-corrected chi connectivity index (χ2v) is 16.7. The molecule has 22 heteroatoms. The highest BCUT2D eigenvalue weighted by molar-refractivity contribution is 6.01. The third-order valence-electron chi connectivity index (χ3n) is 11.9. The minimum absolute atomic E-state index is 0.0333. The molecule has 0 fully saturated rings. The van der Waals surface area contributed by atoms with Gasteiger partial charge in [0.2, 0.25) is 0 Å². The number of carboxylic acid groups (broad SMARTS) is 1. The molecule has 2 aromatic heterocycles. The number of anilines is 2. The van der Waals surface area contributed by atoms with Gasteiger partial charge in [0, 0.05) is 26.2 Å². The van der Waals surface area contributed by atoms with E-state index >= 15 is 0 Å². The number of amides is 2. The number of ether oxygens (including phenoxy) is 1. The molecule has 4 heterocycles. The molecule has 2 aliphatic rings. The van der Waals surface area contributed by atoms with Crippen LogP contribution in [-0.2, 0) is 56.6 Å². The minimum atomic E-state index is -4.48. The molecule has 8 rings (SSSR count). The first-order valence-corrected chi connectivity index (χ1v) is 22.0. The first-order chi connectivity index (χ1) is 33.7. The fourth-order valence-corrected chi connectivity index (χ4v) is 8.34. The van der Waals surface area contributed by atoms with Crippen molar-refractivity contribution in [3.8, 4) is 0 Å². The predicted octanol–water partition coefficient (Wildman–Crippen LogP) is 9.25. The fourth-order valence-electron chi connectivity index (χ4n) is 8.34. The minimum Gasteiger partial charge on any atom is -0.478 e. The summed E-state index contributed by atoms with van der Waals surface area (Å²) in [7, 11) is 1.28. The van der Waals surface area contributed by atoms with Crippen molar-refractivity contribution in [1.29, 1.82) is 0 Å².